The van der Waals surface area contributed by atoms with E-state index in [0.29, 0.717) is 24.5 Å². The molecule has 3 aromatic rings. The Kier molecular flexibility index (Phi) is 4.04. The average molecular weight is 388 g/mol. The smallest absolute Gasteiger partial charge is 0.248 e. The molecule has 0 aliphatic carbocycles. The van der Waals surface area contributed by atoms with Crippen LogP contribution < -0.4 is 0 Å². The SMILES string of the molecule is Cc1cn(C2=NCC(=O)N3CCc4c(cccc4-c4cncc(F)n4)C3=C2)cn1. The molecule has 144 valence electrons. The van der Waals surface area contributed by atoms with Gasteiger partial charge in [0.25, 0.3) is 0 Å². The van der Waals surface area contributed by atoms with Gasteiger partial charge in [-0.15, -0.1) is 0 Å². The van der Waals surface area contributed by atoms with Gasteiger partial charge < -0.3 is 4.90 Å². The molecule has 2 aliphatic heterocycles. The van der Waals surface area contributed by atoms with E-state index >= 15 is 0 Å². The first kappa shape index (κ1) is 17.4. The Bertz CT molecular complexity index is 1200. The third-order valence-corrected chi connectivity index (χ3v) is 5.13. The number of hydrogen-bond acceptors (Lipinski definition) is 5. The van der Waals surface area contributed by atoms with Crippen LogP contribution in [-0.4, -0.2) is 49.3 Å². The zero-order chi connectivity index (χ0) is 20.0. The summed E-state index contributed by atoms with van der Waals surface area (Å²) in [7, 11) is 0. The maximum absolute atomic E-state index is 13.6. The van der Waals surface area contributed by atoms with Gasteiger partial charge in [0.05, 0.1) is 29.5 Å². The molecule has 7 nitrogen and oxygen atoms in total. The molecule has 0 fully saturated rings. The molecular weight excluding hydrogens is 371 g/mol. The van der Waals surface area contributed by atoms with Gasteiger partial charge in [0.1, 0.15) is 18.7 Å². The van der Waals surface area contributed by atoms with Crippen molar-refractivity contribution in [1.29, 1.82) is 0 Å². The van der Waals surface area contributed by atoms with Gasteiger partial charge in [0, 0.05) is 29.9 Å². The summed E-state index contributed by atoms with van der Waals surface area (Å²) >= 11 is 0. The van der Waals surface area contributed by atoms with Crippen molar-refractivity contribution in [1.82, 2.24) is 24.4 Å². The number of halogens is 1. The summed E-state index contributed by atoms with van der Waals surface area (Å²) in [6, 6.07) is 5.77. The monoisotopic (exact) mass is 388 g/mol. The van der Waals surface area contributed by atoms with Gasteiger partial charge in [-0.3, -0.25) is 19.3 Å². The number of rotatable bonds is 1. The highest BCUT2D eigenvalue weighted by atomic mass is 19.1. The Morgan fingerprint density at radius 1 is 1.17 bits per heavy atom. The van der Waals surface area contributed by atoms with Crippen LogP contribution in [0.5, 0.6) is 0 Å². The molecule has 0 saturated heterocycles. The molecule has 0 atom stereocenters. The summed E-state index contributed by atoms with van der Waals surface area (Å²) in [5, 5.41) is 0. The Morgan fingerprint density at radius 3 is 2.83 bits per heavy atom. The Hall–Kier alpha value is -3.68. The van der Waals surface area contributed by atoms with Crippen molar-refractivity contribution in [3.05, 3.63) is 72.0 Å². The largest absolute Gasteiger partial charge is 0.310 e. The van der Waals surface area contributed by atoms with E-state index in [2.05, 4.69) is 19.9 Å². The highest BCUT2D eigenvalue weighted by Crippen LogP contribution is 2.35. The molecule has 0 saturated carbocycles. The summed E-state index contributed by atoms with van der Waals surface area (Å²) in [4.78, 5) is 31.1. The van der Waals surface area contributed by atoms with Crippen molar-refractivity contribution in [2.24, 2.45) is 4.99 Å². The molecule has 1 aromatic carbocycles. The number of aliphatic imine (C=N–C) groups is 1. The fourth-order valence-corrected chi connectivity index (χ4v) is 3.82. The molecule has 2 aromatic heterocycles. The minimum Gasteiger partial charge on any atom is -0.310 e. The lowest BCUT2D eigenvalue weighted by atomic mass is 9.90. The first-order valence-corrected chi connectivity index (χ1v) is 9.28. The number of hydrogen-bond donors (Lipinski definition) is 0. The highest BCUT2D eigenvalue weighted by molar-refractivity contribution is 6.06. The Morgan fingerprint density at radius 2 is 2.03 bits per heavy atom. The molecule has 29 heavy (non-hydrogen) atoms. The Balaban J connectivity index is 1.66. The molecule has 0 unspecified atom stereocenters. The van der Waals surface area contributed by atoms with Crippen molar-refractivity contribution in [3.8, 4) is 11.3 Å². The van der Waals surface area contributed by atoms with E-state index in [1.54, 1.807) is 17.4 Å². The summed E-state index contributed by atoms with van der Waals surface area (Å²) in [5.74, 6) is -0.0174. The van der Waals surface area contributed by atoms with Crippen LogP contribution in [0.4, 0.5) is 4.39 Å². The number of carbonyl (C=O) groups excluding carboxylic acids is 1. The van der Waals surface area contributed by atoms with E-state index in [4.69, 9.17) is 0 Å². The van der Waals surface area contributed by atoms with Gasteiger partial charge >= 0.3 is 0 Å². The third-order valence-electron chi connectivity index (χ3n) is 5.13. The highest BCUT2D eigenvalue weighted by Gasteiger charge is 2.29. The van der Waals surface area contributed by atoms with Crippen LogP contribution in [0.3, 0.4) is 0 Å². The fourth-order valence-electron chi connectivity index (χ4n) is 3.82. The zero-order valence-corrected chi connectivity index (χ0v) is 15.7. The average Bonchev–Trinajstić information content (AvgIpc) is 3.08. The summed E-state index contributed by atoms with van der Waals surface area (Å²) in [5.41, 5.74) is 4.89. The number of carbonyl (C=O) groups is 1. The van der Waals surface area contributed by atoms with Crippen molar-refractivity contribution < 1.29 is 9.18 Å². The second kappa shape index (κ2) is 6.73. The number of fused-ring (bicyclic) bond motifs is 3. The van der Waals surface area contributed by atoms with E-state index in [1.807, 2.05) is 42.0 Å². The maximum Gasteiger partial charge on any atom is 0.248 e. The summed E-state index contributed by atoms with van der Waals surface area (Å²) < 4.78 is 15.5. The minimum absolute atomic E-state index is 0.0512. The van der Waals surface area contributed by atoms with E-state index in [9.17, 15) is 9.18 Å². The standard InChI is InChI=1S/C21H17FN6O/c1-13-11-27(12-25-13)20-7-18-16-4-2-3-15(17-8-23-9-19(22)26-17)14(16)5-6-28(18)21(29)10-24-20/h2-4,7-9,11-12H,5-6,10H2,1H3. The maximum atomic E-state index is 13.6. The van der Waals surface area contributed by atoms with E-state index in [1.165, 1.54) is 0 Å². The fraction of sp³-hybridized carbons (Fsp3) is 0.190. The quantitative estimate of drug-likeness (QED) is 0.642. The minimum atomic E-state index is -0.619. The second-order valence-electron chi connectivity index (χ2n) is 6.98. The van der Waals surface area contributed by atoms with Crippen LogP contribution in [0.15, 0.2) is 54.2 Å². The van der Waals surface area contributed by atoms with Gasteiger partial charge in [0.2, 0.25) is 11.9 Å². The molecule has 2 aliphatic rings. The number of amides is 1. The lowest BCUT2D eigenvalue weighted by Crippen LogP contribution is -2.36. The van der Waals surface area contributed by atoms with E-state index in [-0.39, 0.29) is 12.5 Å². The lowest BCUT2D eigenvalue weighted by Gasteiger charge is -2.31. The van der Waals surface area contributed by atoms with Crippen molar-refractivity contribution >= 4 is 17.4 Å². The van der Waals surface area contributed by atoms with Gasteiger partial charge in [-0.25, -0.2) is 9.97 Å². The first-order chi connectivity index (χ1) is 14.1. The predicted octanol–water partition coefficient (Wildman–Crippen LogP) is 2.47. The van der Waals surface area contributed by atoms with Gasteiger partial charge in [-0.05, 0) is 18.9 Å². The van der Waals surface area contributed by atoms with Crippen molar-refractivity contribution in [2.45, 2.75) is 13.3 Å². The van der Waals surface area contributed by atoms with Crippen molar-refractivity contribution in [3.63, 3.8) is 0 Å². The predicted molar refractivity (Wildman–Crippen MR) is 105 cm³/mol. The number of imidazole rings is 1. The number of aryl methyl sites for hydroxylation is 1. The summed E-state index contributed by atoms with van der Waals surface area (Å²) in [6.07, 6.45) is 8.76. The Labute approximate surface area is 166 Å². The molecule has 0 bridgehead atoms. The first-order valence-electron chi connectivity index (χ1n) is 9.28. The molecule has 0 N–H and O–H groups in total. The van der Waals surface area contributed by atoms with Crippen LogP contribution >= 0.6 is 0 Å². The molecule has 4 heterocycles. The molecular formula is C21H17FN6O. The van der Waals surface area contributed by atoms with Crippen LogP contribution in [0.1, 0.15) is 16.8 Å². The van der Waals surface area contributed by atoms with E-state index in [0.717, 1.165) is 34.3 Å². The van der Waals surface area contributed by atoms with Gasteiger partial charge in [0.15, 0.2) is 0 Å². The molecule has 8 heteroatoms. The van der Waals surface area contributed by atoms with Gasteiger partial charge in [-0.1, -0.05) is 18.2 Å². The number of aromatic nitrogens is 4. The molecule has 0 spiro atoms. The van der Waals surface area contributed by atoms with E-state index < -0.39 is 5.95 Å². The zero-order valence-electron chi connectivity index (χ0n) is 15.7. The normalized spacial score (nSPS) is 15.9. The number of benzene rings is 1. The lowest BCUT2D eigenvalue weighted by molar-refractivity contribution is -0.126. The summed E-state index contributed by atoms with van der Waals surface area (Å²) in [6.45, 7) is 2.51. The molecule has 0 radical (unpaired) electrons. The van der Waals surface area contributed by atoms with Crippen LogP contribution in [0, 0.1) is 12.9 Å². The topological polar surface area (TPSA) is 76.3 Å². The van der Waals surface area contributed by atoms with Gasteiger partial charge in [-0.2, -0.15) is 4.39 Å². The van der Waals surface area contributed by atoms with Crippen LogP contribution in [0.2, 0.25) is 0 Å². The van der Waals surface area contributed by atoms with Crippen LogP contribution in [0.25, 0.3) is 17.0 Å². The van der Waals surface area contributed by atoms with Crippen molar-refractivity contribution in [2.75, 3.05) is 13.1 Å². The third kappa shape index (κ3) is 3.02. The van der Waals surface area contributed by atoms with Crippen LogP contribution in [-0.2, 0) is 11.2 Å². The number of allylic oxidation sites excluding steroid dienone is 1. The molecule has 1 amide bonds. The second-order valence-corrected chi connectivity index (χ2v) is 6.98. The number of nitrogens with zero attached hydrogens (tertiary/aromatic N) is 6. The molecule has 5 rings (SSSR count).